The van der Waals surface area contributed by atoms with E-state index >= 15 is 0 Å². The molecule has 0 bridgehead atoms. The molecule has 1 aromatic rings. The predicted octanol–water partition coefficient (Wildman–Crippen LogP) is -0.917. The van der Waals surface area contributed by atoms with Gasteiger partial charge >= 0.3 is 0 Å². The third kappa shape index (κ3) is 5.33. The largest absolute Gasteiger partial charge is 0.491 e. The maximum Gasteiger partial charge on any atom is 0.123 e. The van der Waals surface area contributed by atoms with E-state index in [0.29, 0.717) is 11.5 Å². The lowest BCUT2D eigenvalue weighted by Gasteiger charge is -2.13. The van der Waals surface area contributed by atoms with Crippen molar-refractivity contribution in [2.24, 2.45) is 11.5 Å². The van der Waals surface area contributed by atoms with Gasteiger partial charge in [-0.15, -0.1) is 0 Å². The molecule has 0 saturated heterocycles. The minimum absolute atomic E-state index is 0.130. The molecule has 2 atom stereocenters. The zero-order chi connectivity index (χ0) is 13.4. The van der Waals surface area contributed by atoms with Crippen LogP contribution in [0.25, 0.3) is 0 Å². The van der Waals surface area contributed by atoms with Gasteiger partial charge in [0.05, 0.1) is 0 Å². The van der Waals surface area contributed by atoms with Crippen LogP contribution in [0.15, 0.2) is 24.3 Å². The number of hydrogen-bond acceptors (Lipinski definition) is 6. The molecule has 0 spiro atoms. The molecule has 0 unspecified atom stereocenters. The molecule has 0 aromatic heterocycles. The van der Waals surface area contributed by atoms with Gasteiger partial charge in [0.25, 0.3) is 0 Å². The maximum absolute atomic E-state index is 9.27. The number of benzene rings is 1. The molecule has 0 fully saturated rings. The summed E-state index contributed by atoms with van der Waals surface area (Å²) >= 11 is 0. The first kappa shape index (κ1) is 14.7. The van der Waals surface area contributed by atoms with E-state index in [1.165, 1.54) is 0 Å². The first-order valence-electron chi connectivity index (χ1n) is 5.77. The van der Waals surface area contributed by atoms with Gasteiger partial charge < -0.3 is 31.2 Å². The highest BCUT2D eigenvalue weighted by atomic mass is 16.5. The first-order valence-corrected chi connectivity index (χ1v) is 5.77. The van der Waals surface area contributed by atoms with Gasteiger partial charge in [-0.05, 0) is 12.1 Å². The van der Waals surface area contributed by atoms with Gasteiger partial charge in [-0.25, -0.2) is 0 Å². The minimum atomic E-state index is -0.686. The van der Waals surface area contributed by atoms with Gasteiger partial charge in [-0.2, -0.15) is 0 Å². The Morgan fingerprint density at radius 3 is 1.78 bits per heavy atom. The number of nitrogens with two attached hydrogens (primary N) is 2. The smallest absolute Gasteiger partial charge is 0.123 e. The van der Waals surface area contributed by atoms with Crippen molar-refractivity contribution in [3.8, 4) is 11.5 Å². The zero-order valence-electron chi connectivity index (χ0n) is 10.2. The van der Waals surface area contributed by atoms with Gasteiger partial charge in [-0.3, -0.25) is 0 Å². The Labute approximate surface area is 106 Å². The Morgan fingerprint density at radius 1 is 0.944 bits per heavy atom. The quantitative estimate of drug-likeness (QED) is 0.479. The van der Waals surface area contributed by atoms with Crippen LogP contribution in [0, 0.1) is 0 Å². The molecule has 0 aliphatic carbocycles. The average molecular weight is 256 g/mol. The molecule has 0 aliphatic rings. The summed E-state index contributed by atoms with van der Waals surface area (Å²) in [5, 5.41) is 18.5. The Kier molecular flexibility index (Phi) is 6.45. The van der Waals surface area contributed by atoms with Gasteiger partial charge in [0.1, 0.15) is 36.9 Å². The van der Waals surface area contributed by atoms with Gasteiger partial charge in [0.15, 0.2) is 0 Å². The number of hydrogen-bond donors (Lipinski definition) is 4. The first-order chi connectivity index (χ1) is 8.65. The van der Waals surface area contributed by atoms with Crippen LogP contribution >= 0.6 is 0 Å². The van der Waals surface area contributed by atoms with Crippen LogP contribution < -0.4 is 20.9 Å². The van der Waals surface area contributed by atoms with Gasteiger partial charge in [0, 0.05) is 19.2 Å². The van der Waals surface area contributed by atoms with E-state index in [1.807, 2.05) is 0 Å². The van der Waals surface area contributed by atoms with Crippen molar-refractivity contribution in [2.75, 3.05) is 26.3 Å². The van der Waals surface area contributed by atoms with Crippen molar-refractivity contribution in [1.29, 1.82) is 0 Å². The molecule has 0 heterocycles. The fourth-order valence-electron chi connectivity index (χ4n) is 1.17. The normalized spacial score (nSPS) is 14.0. The van der Waals surface area contributed by atoms with Crippen molar-refractivity contribution >= 4 is 0 Å². The molecule has 0 saturated carbocycles. The van der Waals surface area contributed by atoms with Crippen LogP contribution in [0.2, 0.25) is 0 Å². The van der Waals surface area contributed by atoms with E-state index in [4.69, 9.17) is 20.9 Å². The monoisotopic (exact) mass is 256 g/mol. The number of aliphatic hydroxyl groups is 2. The molecule has 6 N–H and O–H groups in total. The van der Waals surface area contributed by atoms with Crippen LogP contribution in [-0.2, 0) is 0 Å². The molecule has 18 heavy (non-hydrogen) atoms. The fraction of sp³-hybridized carbons (Fsp3) is 0.500. The second-order valence-corrected chi connectivity index (χ2v) is 3.88. The van der Waals surface area contributed by atoms with Crippen LogP contribution in [-0.4, -0.2) is 48.7 Å². The summed E-state index contributed by atoms with van der Waals surface area (Å²) in [7, 11) is 0. The van der Waals surface area contributed by atoms with E-state index in [0.717, 1.165) is 0 Å². The lowest BCUT2D eigenvalue weighted by molar-refractivity contribution is 0.110. The third-order valence-corrected chi connectivity index (χ3v) is 2.23. The lowest BCUT2D eigenvalue weighted by Crippen LogP contribution is -2.27. The lowest BCUT2D eigenvalue weighted by atomic mass is 10.3. The fourth-order valence-corrected chi connectivity index (χ4v) is 1.17. The highest BCUT2D eigenvalue weighted by Gasteiger charge is 2.05. The summed E-state index contributed by atoms with van der Waals surface area (Å²) < 4.78 is 10.7. The molecule has 6 heteroatoms. The summed E-state index contributed by atoms with van der Waals surface area (Å²) in [5.41, 5.74) is 10.5. The van der Waals surface area contributed by atoms with E-state index in [1.54, 1.807) is 24.3 Å². The van der Waals surface area contributed by atoms with Crippen molar-refractivity contribution in [2.45, 2.75) is 12.2 Å². The summed E-state index contributed by atoms with van der Waals surface area (Å²) in [4.78, 5) is 0. The molecule has 102 valence electrons. The minimum Gasteiger partial charge on any atom is -0.491 e. The maximum atomic E-state index is 9.27. The van der Waals surface area contributed by atoms with Crippen molar-refractivity contribution in [3.63, 3.8) is 0 Å². The van der Waals surface area contributed by atoms with E-state index in [-0.39, 0.29) is 26.3 Å². The third-order valence-electron chi connectivity index (χ3n) is 2.23. The molecule has 1 aromatic carbocycles. The van der Waals surface area contributed by atoms with Crippen molar-refractivity contribution in [1.82, 2.24) is 0 Å². The van der Waals surface area contributed by atoms with Gasteiger partial charge in [-0.1, -0.05) is 6.07 Å². The summed E-state index contributed by atoms with van der Waals surface area (Å²) in [5.74, 6) is 1.14. The Hall–Kier alpha value is -1.34. The van der Waals surface area contributed by atoms with E-state index in [2.05, 4.69) is 0 Å². The van der Waals surface area contributed by atoms with Crippen LogP contribution in [0.3, 0.4) is 0 Å². The SMILES string of the molecule is NC[C@H](O)COc1cccc(OC[C@@H](O)CN)c1. The summed E-state index contributed by atoms with van der Waals surface area (Å²) in [6, 6.07) is 6.92. The Morgan fingerprint density at radius 2 is 1.39 bits per heavy atom. The summed E-state index contributed by atoms with van der Waals surface area (Å²) in [6.07, 6.45) is -1.37. The van der Waals surface area contributed by atoms with Gasteiger partial charge in [0.2, 0.25) is 0 Å². The van der Waals surface area contributed by atoms with Crippen LogP contribution in [0.4, 0.5) is 0 Å². The molecule has 0 radical (unpaired) electrons. The predicted molar refractivity (Wildman–Crippen MR) is 67.6 cm³/mol. The van der Waals surface area contributed by atoms with E-state index < -0.39 is 12.2 Å². The molecule has 0 aliphatic heterocycles. The molecule has 6 nitrogen and oxygen atoms in total. The summed E-state index contributed by atoms with van der Waals surface area (Å²) in [6.45, 7) is 0.564. The van der Waals surface area contributed by atoms with E-state index in [9.17, 15) is 10.2 Å². The second kappa shape index (κ2) is 7.88. The molecule has 0 amide bonds. The van der Waals surface area contributed by atoms with Crippen LogP contribution in [0.5, 0.6) is 11.5 Å². The average Bonchev–Trinajstić information content (AvgIpc) is 2.42. The Balaban J connectivity index is 2.46. The number of ether oxygens (including phenoxy) is 2. The second-order valence-electron chi connectivity index (χ2n) is 3.88. The highest BCUT2D eigenvalue weighted by Crippen LogP contribution is 2.19. The number of aliphatic hydroxyl groups excluding tert-OH is 2. The molecular weight excluding hydrogens is 236 g/mol. The van der Waals surface area contributed by atoms with Crippen molar-refractivity contribution < 1.29 is 19.7 Å². The molecule has 1 rings (SSSR count). The standard InChI is InChI=1S/C12H20N2O4/c13-5-9(15)7-17-11-2-1-3-12(4-11)18-8-10(16)6-14/h1-4,9-10,15-16H,5-8,13-14H2/t9-,10-/m0/s1. The topological polar surface area (TPSA) is 111 Å². The Bertz CT molecular complexity index is 319. The van der Waals surface area contributed by atoms with Crippen LogP contribution in [0.1, 0.15) is 0 Å². The van der Waals surface area contributed by atoms with Crippen molar-refractivity contribution in [3.05, 3.63) is 24.3 Å². The zero-order valence-corrected chi connectivity index (χ0v) is 10.2. The molecular formula is C12H20N2O4. The highest BCUT2D eigenvalue weighted by molar-refractivity contribution is 5.32. The number of rotatable bonds is 8.